The highest BCUT2D eigenvalue weighted by Gasteiger charge is 2.08. The molecule has 0 atom stereocenters. The highest BCUT2D eigenvalue weighted by Crippen LogP contribution is 2.11. The maximum absolute atomic E-state index is 12.2. The van der Waals surface area contributed by atoms with Crippen molar-refractivity contribution in [3.05, 3.63) is 71.3 Å². The Kier molecular flexibility index (Phi) is 5.43. The standard InChI is InChI=1S/C17H16N2O3/c20-12-18-11-16(21)19-10-13-6-8-15(9-7-13)17(22)14-4-2-1-3-5-14/h1-9,12H,10-11H2,(H,18,20)(H,19,21). The molecule has 0 radical (unpaired) electrons. The molecule has 112 valence electrons. The lowest BCUT2D eigenvalue weighted by Gasteiger charge is -2.06. The van der Waals surface area contributed by atoms with E-state index in [1.165, 1.54) is 0 Å². The third kappa shape index (κ3) is 4.28. The van der Waals surface area contributed by atoms with Gasteiger partial charge in [0.2, 0.25) is 12.3 Å². The Morgan fingerprint density at radius 1 is 0.909 bits per heavy atom. The predicted octanol–water partition coefficient (Wildman–Crippen LogP) is 1.28. The Morgan fingerprint density at radius 3 is 2.18 bits per heavy atom. The van der Waals surface area contributed by atoms with Gasteiger partial charge in [-0.15, -0.1) is 0 Å². The van der Waals surface area contributed by atoms with Crippen LogP contribution >= 0.6 is 0 Å². The molecule has 0 aliphatic carbocycles. The average molecular weight is 296 g/mol. The summed E-state index contributed by atoms with van der Waals surface area (Å²) < 4.78 is 0. The third-order valence-corrected chi connectivity index (χ3v) is 3.09. The maximum atomic E-state index is 12.2. The van der Waals surface area contributed by atoms with Gasteiger partial charge in [-0.3, -0.25) is 14.4 Å². The van der Waals surface area contributed by atoms with Crippen LogP contribution in [0.25, 0.3) is 0 Å². The minimum absolute atomic E-state index is 0.0358. The first-order chi connectivity index (χ1) is 10.7. The molecule has 0 heterocycles. The van der Waals surface area contributed by atoms with Crippen molar-refractivity contribution in [3.8, 4) is 0 Å². The van der Waals surface area contributed by atoms with Gasteiger partial charge >= 0.3 is 0 Å². The normalized spacial score (nSPS) is 9.82. The van der Waals surface area contributed by atoms with Crippen LogP contribution in [0.5, 0.6) is 0 Å². The van der Waals surface area contributed by atoms with Gasteiger partial charge in [-0.25, -0.2) is 0 Å². The minimum atomic E-state index is -0.267. The Morgan fingerprint density at radius 2 is 1.55 bits per heavy atom. The molecule has 0 fully saturated rings. The molecule has 0 aliphatic heterocycles. The van der Waals surface area contributed by atoms with Crippen LogP contribution in [-0.2, 0) is 16.1 Å². The topological polar surface area (TPSA) is 75.3 Å². The molecular weight excluding hydrogens is 280 g/mol. The second-order valence-corrected chi connectivity index (χ2v) is 4.67. The SMILES string of the molecule is O=CNCC(=O)NCc1ccc(C(=O)c2ccccc2)cc1. The number of hydrogen-bond donors (Lipinski definition) is 2. The van der Waals surface area contributed by atoms with Crippen molar-refractivity contribution >= 4 is 18.1 Å². The molecule has 2 amide bonds. The third-order valence-electron chi connectivity index (χ3n) is 3.09. The zero-order valence-electron chi connectivity index (χ0n) is 11.9. The molecule has 0 bridgehead atoms. The van der Waals surface area contributed by atoms with Gasteiger partial charge in [-0.05, 0) is 5.56 Å². The van der Waals surface area contributed by atoms with Gasteiger partial charge in [0.1, 0.15) is 0 Å². The molecular formula is C17H16N2O3. The minimum Gasteiger partial charge on any atom is -0.350 e. The van der Waals surface area contributed by atoms with E-state index in [9.17, 15) is 14.4 Å². The summed E-state index contributed by atoms with van der Waals surface area (Å²) in [7, 11) is 0. The van der Waals surface area contributed by atoms with E-state index in [0.717, 1.165) is 5.56 Å². The van der Waals surface area contributed by atoms with Gasteiger partial charge in [-0.2, -0.15) is 0 Å². The van der Waals surface area contributed by atoms with E-state index < -0.39 is 0 Å². The quantitative estimate of drug-likeness (QED) is 0.597. The molecule has 5 nitrogen and oxygen atoms in total. The van der Waals surface area contributed by atoms with Crippen LogP contribution in [0.1, 0.15) is 21.5 Å². The molecule has 2 aromatic rings. The summed E-state index contributed by atoms with van der Waals surface area (Å²) in [6, 6.07) is 16.1. The van der Waals surface area contributed by atoms with Crippen LogP contribution in [-0.4, -0.2) is 24.6 Å². The molecule has 22 heavy (non-hydrogen) atoms. The number of hydrogen-bond acceptors (Lipinski definition) is 3. The fraction of sp³-hybridized carbons (Fsp3) is 0.118. The van der Waals surface area contributed by atoms with Crippen LogP contribution < -0.4 is 10.6 Å². The van der Waals surface area contributed by atoms with Crippen molar-refractivity contribution in [2.24, 2.45) is 0 Å². The Balaban J connectivity index is 1.94. The summed E-state index contributed by atoms with van der Waals surface area (Å²) in [5.41, 5.74) is 2.12. The highest BCUT2D eigenvalue weighted by atomic mass is 16.2. The number of ketones is 1. The largest absolute Gasteiger partial charge is 0.350 e. The Hall–Kier alpha value is -2.95. The second-order valence-electron chi connectivity index (χ2n) is 4.67. The molecule has 0 spiro atoms. The van der Waals surface area contributed by atoms with Crippen molar-refractivity contribution in [3.63, 3.8) is 0 Å². The van der Waals surface area contributed by atoms with E-state index in [1.807, 2.05) is 18.2 Å². The van der Waals surface area contributed by atoms with Crippen molar-refractivity contribution in [2.75, 3.05) is 6.54 Å². The molecule has 0 unspecified atom stereocenters. The van der Waals surface area contributed by atoms with E-state index >= 15 is 0 Å². The fourth-order valence-electron chi connectivity index (χ4n) is 1.93. The van der Waals surface area contributed by atoms with Crippen molar-refractivity contribution < 1.29 is 14.4 Å². The van der Waals surface area contributed by atoms with Crippen molar-refractivity contribution in [1.82, 2.24) is 10.6 Å². The fourth-order valence-corrected chi connectivity index (χ4v) is 1.93. The lowest BCUT2D eigenvalue weighted by atomic mass is 10.0. The lowest BCUT2D eigenvalue weighted by molar-refractivity contribution is -0.122. The van der Waals surface area contributed by atoms with E-state index in [1.54, 1.807) is 36.4 Å². The zero-order chi connectivity index (χ0) is 15.8. The van der Waals surface area contributed by atoms with Crippen LogP contribution in [0.4, 0.5) is 0 Å². The molecule has 0 aromatic heterocycles. The molecule has 0 aliphatic rings. The van der Waals surface area contributed by atoms with Gasteiger partial charge in [0.25, 0.3) is 0 Å². The molecule has 2 rings (SSSR count). The number of carbonyl (C=O) groups is 3. The summed E-state index contributed by atoms with van der Waals surface area (Å²) in [6.45, 7) is 0.299. The first kappa shape index (κ1) is 15.4. The first-order valence-electron chi connectivity index (χ1n) is 6.83. The smallest absolute Gasteiger partial charge is 0.239 e. The number of benzene rings is 2. The van der Waals surface area contributed by atoms with Gasteiger partial charge in [0.05, 0.1) is 6.54 Å². The summed E-state index contributed by atoms with van der Waals surface area (Å²) in [6.07, 6.45) is 0.476. The summed E-state index contributed by atoms with van der Waals surface area (Å²) in [5, 5.41) is 4.96. The van der Waals surface area contributed by atoms with Crippen LogP contribution in [0.2, 0.25) is 0 Å². The van der Waals surface area contributed by atoms with Crippen LogP contribution in [0.15, 0.2) is 54.6 Å². The van der Waals surface area contributed by atoms with Gasteiger partial charge in [0, 0.05) is 17.7 Å². The molecule has 0 saturated carbocycles. The summed E-state index contributed by atoms with van der Waals surface area (Å²) in [4.78, 5) is 33.7. The van der Waals surface area contributed by atoms with Crippen molar-refractivity contribution in [1.29, 1.82) is 0 Å². The summed E-state index contributed by atoms with van der Waals surface area (Å²) >= 11 is 0. The van der Waals surface area contributed by atoms with Gasteiger partial charge in [0.15, 0.2) is 5.78 Å². The first-order valence-corrected chi connectivity index (χ1v) is 6.83. The van der Waals surface area contributed by atoms with Crippen molar-refractivity contribution in [2.45, 2.75) is 6.54 Å². The number of amides is 2. The zero-order valence-corrected chi connectivity index (χ0v) is 11.9. The highest BCUT2D eigenvalue weighted by molar-refractivity contribution is 6.08. The molecule has 0 saturated heterocycles. The number of carbonyl (C=O) groups excluding carboxylic acids is 3. The van der Waals surface area contributed by atoms with Gasteiger partial charge in [-0.1, -0.05) is 54.6 Å². The lowest BCUT2D eigenvalue weighted by Crippen LogP contribution is -2.32. The van der Waals surface area contributed by atoms with Crippen LogP contribution in [0, 0.1) is 0 Å². The van der Waals surface area contributed by atoms with E-state index in [4.69, 9.17) is 0 Å². The molecule has 2 aromatic carbocycles. The monoisotopic (exact) mass is 296 g/mol. The predicted molar refractivity (Wildman–Crippen MR) is 82.2 cm³/mol. The number of rotatable bonds is 7. The van der Waals surface area contributed by atoms with E-state index in [0.29, 0.717) is 24.1 Å². The van der Waals surface area contributed by atoms with E-state index in [2.05, 4.69) is 10.6 Å². The summed E-state index contributed by atoms with van der Waals surface area (Å²) in [5.74, 6) is -0.303. The van der Waals surface area contributed by atoms with Gasteiger partial charge < -0.3 is 10.6 Å². The maximum Gasteiger partial charge on any atom is 0.239 e. The average Bonchev–Trinajstić information content (AvgIpc) is 2.58. The molecule has 2 N–H and O–H groups in total. The second kappa shape index (κ2) is 7.73. The Bertz CT molecular complexity index is 651. The molecule has 5 heteroatoms. The van der Waals surface area contributed by atoms with Crippen LogP contribution in [0.3, 0.4) is 0 Å². The van der Waals surface area contributed by atoms with E-state index in [-0.39, 0.29) is 18.2 Å². The number of nitrogens with one attached hydrogen (secondary N) is 2. The Labute approximate surface area is 128 Å².